The van der Waals surface area contributed by atoms with Crippen molar-refractivity contribution in [2.75, 3.05) is 32.6 Å². The highest BCUT2D eigenvalue weighted by molar-refractivity contribution is 5.68. The summed E-state index contributed by atoms with van der Waals surface area (Å²) in [4.78, 5) is 26.2. The second-order valence-corrected chi connectivity index (χ2v) is 10.2. The molecule has 13 heteroatoms. The minimum absolute atomic E-state index is 0.00794. The van der Waals surface area contributed by atoms with Crippen molar-refractivity contribution in [3.63, 3.8) is 0 Å². The number of carbonyl (C=O) groups excluding carboxylic acids is 1. The summed E-state index contributed by atoms with van der Waals surface area (Å²) in [5.74, 6) is -1.95. The van der Waals surface area contributed by atoms with Crippen molar-refractivity contribution in [2.24, 2.45) is 0 Å². The van der Waals surface area contributed by atoms with Gasteiger partial charge in [0.2, 0.25) is 5.95 Å². The first-order valence-electron chi connectivity index (χ1n) is 12.7. The van der Waals surface area contributed by atoms with Crippen molar-refractivity contribution in [3.8, 4) is 34.7 Å². The number of hydrogen-bond donors (Lipinski definition) is 1. The minimum Gasteiger partial charge on any atom is -0.491 e. The largest absolute Gasteiger partial charge is 0.491 e. The van der Waals surface area contributed by atoms with Gasteiger partial charge in [-0.1, -0.05) is 0 Å². The van der Waals surface area contributed by atoms with Crippen LogP contribution in [0.15, 0.2) is 42.6 Å². The lowest BCUT2D eigenvalue weighted by molar-refractivity contribution is -0.137. The summed E-state index contributed by atoms with van der Waals surface area (Å²) in [6, 6.07) is 11.6. The molecule has 0 spiro atoms. The van der Waals surface area contributed by atoms with Gasteiger partial charge in [0.05, 0.1) is 32.0 Å². The van der Waals surface area contributed by atoms with E-state index in [0.717, 1.165) is 4.90 Å². The van der Waals surface area contributed by atoms with Gasteiger partial charge in [0.15, 0.2) is 11.9 Å². The van der Waals surface area contributed by atoms with Crippen LogP contribution in [0.2, 0.25) is 0 Å². The van der Waals surface area contributed by atoms with Crippen LogP contribution in [0.3, 0.4) is 0 Å². The number of alkyl halides is 2. The van der Waals surface area contributed by atoms with E-state index >= 15 is 0 Å². The van der Waals surface area contributed by atoms with E-state index in [1.165, 1.54) is 32.5 Å². The average molecular weight is 569 g/mol. The van der Waals surface area contributed by atoms with Crippen LogP contribution in [-0.2, 0) is 4.74 Å². The fourth-order valence-corrected chi connectivity index (χ4v) is 4.07. The molecule has 1 saturated heterocycles. The van der Waals surface area contributed by atoms with E-state index in [0.29, 0.717) is 22.8 Å². The standard InChI is InChI=1S/C28H30F2N6O5/c1-27(2,3)41-26(37)36-13-11-22(28(29,30)16-36)40-20-7-6-17(14-18(20)15-31)19-10-12-32-25(33-19)35-23-9-8-21(38-4)24(34-23)39-5/h6-10,12,14,22H,11,13,16H2,1-5H3,(H,32,33,34,35). The van der Waals surface area contributed by atoms with Crippen LogP contribution >= 0.6 is 0 Å². The number of nitrogens with zero attached hydrogens (tertiary/aromatic N) is 5. The summed E-state index contributed by atoms with van der Waals surface area (Å²) in [6.45, 7) is 4.18. The number of anilines is 2. The highest BCUT2D eigenvalue weighted by Gasteiger charge is 2.48. The number of amides is 1. The molecule has 1 N–H and O–H groups in total. The normalized spacial score (nSPS) is 16.3. The average Bonchev–Trinajstić information content (AvgIpc) is 2.93. The van der Waals surface area contributed by atoms with Crippen LogP contribution < -0.4 is 19.5 Å². The molecule has 0 saturated carbocycles. The van der Waals surface area contributed by atoms with Crippen LogP contribution in [0, 0.1) is 11.3 Å². The van der Waals surface area contributed by atoms with Gasteiger partial charge in [-0.3, -0.25) is 0 Å². The van der Waals surface area contributed by atoms with Gasteiger partial charge in [-0.2, -0.15) is 10.2 Å². The molecule has 1 aromatic carbocycles. The zero-order chi connectivity index (χ0) is 29.8. The molecular weight excluding hydrogens is 538 g/mol. The molecule has 1 unspecified atom stereocenters. The van der Waals surface area contributed by atoms with Gasteiger partial charge in [0, 0.05) is 24.7 Å². The van der Waals surface area contributed by atoms with Crippen molar-refractivity contribution in [1.29, 1.82) is 5.26 Å². The molecule has 0 aliphatic carbocycles. The number of likely N-dealkylation sites (tertiary alicyclic amines) is 1. The van der Waals surface area contributed by atoms with Gasteiger partial charge in [-0.05, 0) is 57.2 Å². The lowest BCUT2D eigenvalue weighted by Gasteiger charge is -2.38. The SMILES string of the molecule is COc1ccc(Nc2nccc(-c3ccc(OC4CCN(C(=O)OC(C)(C)C)CC4(F)F)c(C#N)c3)n2)nc1OC. The zero-order valence-electron chi connectivity index (χ0n) is 23.3. The molecule has 0 radical (unpaired) electrons. The Morgan fingerprint density at radius 3 is 2.54 bits per heavy atom. The number of nitriles is 1. The minimum atomic E-state index is -3.36. The van der Waals surface area contributed by atoms with Crippen molar-refractivity contribution in [3.05, 3.63) is 48.2 Å². The quantitative estimate of drug-likeness (QED) is 0.406. The number of carbonyl (C=O) groups is 1. The van der Waals surface area contributed by atoms with Gasteiger partial charge >= 0.3 is 12.0 Å². The predicted octanol–water partition coefficient (Wildman–Crippen LogP) is 5.19. The number of rotatable bonds is 7. The van der Waals surface area contributed by atoms with E-state index in [1.807, 2.05) is 6.07 Å². The number of hydrogen-bond acceptors (Lipinski definition) is 10. The van der Waals surface area contributed by atoms with Crippen LogP contribution in [0.4, 0.5) is 25.3 Å². The second-order valence-electron chi connectivity index (χ2n) is 10.2. The van der Waals surface area contributed by atoms with E-state index in [2.05, 4.69) is 20.3 Å². The molecule has 1 aliphatic rings. The van der Waals surface area contributed by atoms with E-state index in [1.54, 1.807) is 45.0 Å². The summed E-state index contributed by atoms with van der Waals surface area (Å²) in [5.41, 5.74) is 0.278. The number of aromatic nitrogens is 3. The topological polar surface area (TPSA) is 132 Å². The molecule has 0 bridgehead atoms. The van der Waals surface area contributed by atoms with E-state index < -0.39 is 30.3 Å². The number of methoxy groups -OCH3 is 2. The summed E-state index contributed by atoms with van der Waals surface area (Å²) < 4.78 is 51.2. The molecule has 1 atom stereocenters. The Hall–Kier alpha value is -4.73. The third kappa shape index (κ3) is 7.08. The second kappa shape index (κ2) is 11.8. The molecular formula is C28H30F2N6O5. The fraction of sp³-hybridized carbons (Fsp3) is 0.393. The van der Waals surface area contributed by atoms with Gasteiger partial charge < -0.3 is 29.2 Å². The molecule has 3 aromatic rings. The lowest BCUT2D eigenvalue weighted by atomic mass is 10.0. The Labute approximate surface area is 236 Å². The molecule has 1 amide bonds. The van der Waals surface area contributed by atoms with Gasteiger partial charge in [0.1, 0.15) is 23.2 Å². The van der Waals surface area contributed by atoms with Crippen molar-refractivity contribution in [2.45, 2.75) is 44.8 Å². The number of benzene rings is 1. The lowest BCUT2D eigenvalue weighted by Crippen LogP contribution is -2.56. The highest BCUT2D eigenvalue weighted by atomic mass is 19.3. The first-order chi connectivity index (χ1) is 19.4. The third-order valence-corrected chi connectivity index (χ3v) is 5.98. The Balaban J connectivity index is 1.49. The Kier molecular flexibility index (Phi) is 8.41. The van der Waals surface area contributed by atoms with Crippen LogP contribution in [0.1, 0.15) is 32.8 Å². The van der Waals surface area contributed by atoms with E-state index in [9.17, 15) is 18.8 Å². The van der Waals surface area contributed by atoms with Crippen molar-refractivity contribution in [1.82, 2.24) is 19.9 Å². The molecule has 1 fully saturated rings. The molecule has 3 heterocycles. The first kappa shape index (κ1) is 29.3. The summed E-state index contributed by atoms with van der Waals surface area (Å²) in [5, 5.41) is 12.7. The Morgan fingerprint density at radius 1 is 1.12 bits per heavy atom. The number of ether oxygens (including phenoxy) is 4. The molecule has 11 nitrogen and oxygen atoms in total. The number of piperidine rings is 1. The monoisotopic (exact) mass is 568 g/mol. The predicted molar refractivity (Wildman–Crippen MR) is 145 cm³/mol. The molecule has 216 valence electrons. The maximum atomic E-state index is 15.0. The maximum Gasteiger partial charge on any atom is 0.410 e. The van der Waals surface area contributed by atoms with Crippen LogP contribution in [0.25, 0.3) is 11.3 Å². The highest BCUT2D eigenvalue weighted by Crippen LogP contribution is 2.34. The summed E-state index contributed by atoms with van der Waals surface area (Å²) in [6.07, 6.45) is -0.938. The molecule has 41 heavy (non-hydrogen) atoms. The molecule has 1 aliphatic heterocycles. The van der Waals surface area contributed by atoms with Crippen molar-refractivity contribution < 1.29 is 32.5 Å². The Bertz CT molecular complexity index is 1460. The van der Waals surface area contributed by atoms with Crippen LogP contribution in [-0.4, -0.2) is 70.9 Å². The van der Waals surface area contributed by atoms with E-state index in [-0.39, 0.29) is 36.1 Å². The van der Waals surface area contributed by atoms with E-state index in [4.69, 9.17) is 18.9 Å². The molecule has 2 aromatic heterocycles. The number of halogens is 2. The summed E-state index contributed by atoms with van der Waals surface area (Å²) in [7, 11) is 2.98. The first-order valence-corrected chi connectivity index (χ1v) is 12.7. The van der Waals surface area contributed by atoms with Gasteiger partial charge in [-0.15, -0.1) is 0 Å². The summed E-state index contributed by atoms with van der Waals surface area (Å²) >= 11 is 0. The van der Waals surface area contributed by atoms with Gasteiger partial charge in [0.25, 0.3) is 5.88 Å². The van der Waals surface area contributed by atoms with Gasteiger partial charge in [-0.25, -0.2) is 23.5 Å². The third-order valence-electron chi connectivity index (χ3n) is 5.98. The molecule has 4 rings (SSSR count). The van der Waals surface area contributed by atoms with Crippen molar-refractivity contribution >= 4 is 17.9 Å². The Morgan fingerprint density at radius 2 is 1.88 bits per heavy atom. The maximum absolute atomic E-state index is 15.0. The number of pyridine rings is 1. The number of nitrogens with one attached hydrogen (secondary N) is 1. The zero-order valence-corrected chi connectivity index (χ0v) is 23.3. The van der Waals surface area contributed by atoms with Crippen LogP contribution in [0.5, 0.6) is 17.4 Å². The smallest absolute Gasteiger partial charge is 0.410 e. The fourth-order valence-electron chi connectivity index (χ4n) is 4.07.